The van der Waals surface area contributed by atoms with Crippen molar-refractivity contribution in [3.05, 3.63) is 64.2 Å². The van der Waals surface area contributed by atoms with E-state index in [4.69, 9.17) is 4.74 Å². The molecule has 1 saturated heterocycles. The number of nitrogens with zero attached hydrogens (tertiary/aromatic N) is 2. The molecule has 0 bridgehead atoms. The lowest BCUT2D eigenvalue weighted by Gasteiger charge is -2.21. The molecule has 1 aliphatic heterocycles. The second-order valence-electron chi connectivity index (χ2n) is 6.98. The first-order chi connectivity index (χ1) is 15.1. The molecule has 2 aromatic carbocycles. The standard InChI is InChI=1S/C20H19N5O7/c1-20(12-4-3-5-14(10-12)25(30)31)17(27)24(19(29)23-20)11-16(26)22-18(28)21-13-6-8-15(32-2)9-7-13/h3-10H,11H2,1-2H3,(H,23,29)(H2,21,22,26,28). The van der Waals surface area contributed by atoms with Gasteiger partial charge in [-0.1, -0.05) is 12.1 Å². The quantitative estimate of drug-likeness (QED) is 0.349. The zero-order valence-corrected chi connectivity index (χ0v) is 17.1. The number of nitro benzene ring substituents is 1. The van der Waals surface area contributed by atoms with E-state index in [1.54, 1.807) is 24.3 Å². The van der Waals surface area contributed by atoms with Crippen LogP contribution >= 0.6 is 0 Å². The van der Waals surface area contributed by atoms with E-state index in [0.29, 0.717) is 16.3 Å². The highest BCUT2D eigenvalue weighted by atomic mass is 16.6. The summed E-state index contributed by atoms with van der Waals surface area (Å²) in [6, 6.07) is 9.89. The largest absolute Gasteiger partial charge is 0.497 e. The van der Waals surface area contributed by atoms with E-state index in [0.717, 1.165) is 0 Å². The van der Waals surface area contributed by atoms with Gasteiger partial charge in [0.25, 0.3) is 11.6 Å². The lowest BCUT2D eigenvalue weighted by Crippen LogP contribution is -2.45. The minimum absolute atomic E-state index is 0.185. The maximum Gasteiger partial charge on any atom is 0.325 e. The Morgan fingerprint density at radius 2 is 1.88 bits per heavy atom. The summed E-state index contributed by atoms with van der Waals surface area (Å²) in [6.07, 6.45) is 0. The van der Waals surface area contributed by atoms with Gasteiger partial charge in [-0.15, -0.1) is 0 Å². The molecular weight excluding hydrogens is 422 g/mol. The van der Waals surface area contributed by atoms with Crippen LogP contribution in [0.2, 0.25) is 0 Å². The fourth-order valence-electron chi connectivity index (χ4n) is 3.11. The number of nitrogens with one attached hydrogen (secondary N) is 3. The fraction of sp³-hybridized carbons (Fsp3) is 0.200. The number of imide groups is 2. The average Bonchev–Trinajstić information content (AvgIpc) is 2.98. The van der Waals surface area contributed by atoms with Gasteiger partial charge in [0.15, 0.2) is 0 Å². The van der Waals surface area contributed by atoms with Crippen LogP contribution in [-0.4, -0.2) is 47.4 Å². The molecule has 3 rings (SSSR count). The third-order valence-corrected chi connectivity index (χ3v) is 4.81. The molecule has 12 heteroatoms. The van der Waals surface area contributed by atoms with Crippen molar-refractivity contribution in [3.63, 3.8) is 0 Å². The molecule has 6 amide bonds. The molecule has 1 fully saturated rings. The summed E-state index contributed by atoms with van der Waals surface area (Å²) in [5.41, 5.74) is -1.28. The van der Waals surface area contributed by atoms with Crippen LogP contribution in [0.5, 0.6) is 5.75 Å². The number of amides is 6. The zero-order chi connectivity index (χ0) is 23.5. The minimum atomic E-state index is -1.60. The third-order valence-electron chi connectivity index (χ3n) is 4.81. The SMILES string of the molecule is COc1ccc(NC(=O)NC(=O)CN2C(=O)NC(C)(c3cccc([N+](=O)[O-])c3)C2=O)cc1. The molecule has 1 heterocycles. The van der Waals surface area contributed by atoms with Gasteiger partial charge in [0, 0.05) is 17.8 Å². The lowest BCUT2D eigenvalue weighted by atomic mass is 9.91. The molecule has 0 spiro atoms. The Morgan fingerprint density at radius 1 is 1.19 bits per heavy atom. The summed E-state index contributed by atoms with van der Waals surface area (Å²) in [5.74, 6) is -1.10. The molecule has 0 aliphatic carbocycles. The molecular formula is C20H19N5O7. The molecule has 12 nitrogen and oxygen atoms in total. The van der Waals surface area contributed by atoms with Gasteiger partial charge in [0.1, 0.15) is 17.8 Å². The number of carbonyl (C=O) groups is 4. The van der Waals surface area contributed by atoms with Crippen molar-refractivity contribution in [2.45, 2.75) is 12.5 Å². The molecule has 0 aromatic heterocycles. The van der Waals surface area contributed by atoms with E-state index in [1.807, 2.05) is 5.32 Å². The smallest absolute Gasteiger partial charge is 0.325 e. The van der Waals surface area contributed by atoms with Crippen molar-refractivity contribution in [1.82, 2.24) is 15.5 Å². The van der Waals surface area contributed by atoms with Crippen molar-refractivity contribution in [2.75, 3.05) is 19.0 Å². The van der Waals surface area contributed by atoms with E-state index < -0.39 is 40.9 Å². The van der Waals surface area contributed by atoms with Gasteiger partial charge < -0.3 is 15.4 Å². The van der Waals surface area contributed by atoms with Crippen molar-refractivity contribution in [3.8, 4) is 5.75 Å². The highest BCUT2D eigenvalue weighted by Crippen LogP contribution is 2.30. The molecule has 1 atom stereocenters. The van der Waals surface area contributed by atoms with Gasteiger partial charge in [0.2, 0.25) is 5.91 Å². The molecule has 166 valence electrons. The number of anilines is 1. The van der Waals surface area contributed by atoms with Gasteiger partial charge in [-0.3, -0.25) is 29.9 Å². The maximum atomic E-state index is 12.9. The number of methoxy groups -OCH3 is 1. The number of benzene rings is 2. The van der Waals surface area contributed by atoms with E-state index in [9.17, 15) is 29.3 Å². The molecule has 1 unspecified atom stereocenters. The van der Waals surface area contributed by atoms with Crippen LogP contribution in [0.15, 0.2) is 48.5 Å². The first kappa shape index (κ1) is 22.2. The van der Waals surface area contributed by atoms with Gasteiger partial charge in [-0.05, 0) is 36.8 Å². The number of nitro groups is 1. The van der Waals surface area contributed by atoms with Crippen molar-refractivity contribution in [2.24, 2.45) is 0 Å². The maximum absolute atomic E-state index is 12.9. The number of ether oxygens (including phenoxy) is 1. The van der Waals surface area contributed by atoms with Crippen LogP contribution < -0.4 is 20.7 Å². The van der Waals surface area contributed by atoms with Gasteiger partial charge in [-0.2, -0.15) is 0 Å². The second kappa shape index (κ2) is 8.71. The predicted octanol–water partition coefficient (Wildman–Crippen LogP) is 1.72. The average molecular weight is 441 g/mol. The second-order valence-corrected chi connectivity index (χ2v) is 6.98. The van der Waals surface area contributed by atoms with Crippen LogP contribution in [0.25, 0.3) is 0 Å². The summed E-state index contributed by atoms with van der Waals surface area (Å²) in [5, 5.41) is 17.9. The third kappa shape index (κ3) is 4.48. The van der Waals surface area contributed by atoms with Crippen molar-refractivity contribution >= 4 is 35.3 Å². The summed E-state index contributed by atoms with van der Waals surface area (Å²) >= 11 is 0. The van der Waals surface area contributed by atoms with Crippen LogP contribution in [-0.2, 0) is 15.1 Å². The summed E-state index contributed by atoms with van der Waals surface area (Å²) < 4.78 is 5.01. The number of urea groups is 2. The molecule has 0 radical (unpaired) electrons. The Morgan fingerprint density at radius 3 is 2.50 bits per heavy atom. The van der Waals surface area contributed by atoms with Crippen LogP contribution in [0, 0.1) is 10.1 Å². The highest BCUT2D eigenvalue weighted by Gasteiger charge is 2.49. The lowest BCUT2D eigenvalue weighted by molar-refractivity contribution is -0.385. The summed E-state index contributed by atoms with van der Waals surface area (Å²) in [6.45, 7) is 0.659. The molecule has 3 N–H and O–H groups in total. The van der Waals surface area contributed by atoms with Crippen LogP contribution in [0.1, 0.15) is 12.5 Å². The van der Waals surface area contributed by atoms with Crippen LogP contribution in [0.4, 0.5) is 21.0 Å². The topological polar surface area (TPSA) is 160 Å². The molecule has 0 saturated carbocycles. The van der Waals surface area contributed by atoms with Gasteiger partial charge in [0.05, 0.1) is 12.0 Å². The van der Waals surface area contributed by atoms with Gasteiger partial charge in [-0.25, -0.2) is 9.59 Å². The Bertz CT molecular complexity index is 1100. The highest BCUT2D eigenvalue weighted by molar-refractivity contribution is 6.10. The van der Waals surface area contributed by atoms with Gasteiger partial charge >= 0.3 is 12.1 Å². The zero-order valence-electron chi connectivity index (χ0n) is 17.1. The Labute approximate surface area is 181 Å². The van der Waals surface area contributed by atoms with E-state index in [1.165, 1.54) is 38.3 Å². The Hall–Kier alpha value is -4.48. The summed E-state index contributed by atoms with van der Waals surface area (Å²) in [7, 11) is 1.49. The number of non-ortho nitro benzene ring substituents is 1. The molecule has 32 heavy (non-hydrogen) atoms. The van der Waals surface area contributed by atoms with E-state index in [-0.39, 0.29) is 11.3 Å². The van der Waals surface area contributed by atoms with E-state index in [2.05, 4.69) is 10.6 Å². The predicted molar refractivity (Wildman–Crippen MR) is 111 cm³/mol. The van der Waals surface area contributed by atoms with Crippen molar-refractivity contribution < 1.29 is 28.8 Å². The number of hydrogen-bond donors (Lipinski definition) is 3. The molecule has 1 aliphatic rings. The minimum Gasteiger partial charge on any atom is -0.497 e. The number of carbonyl (C=O) groups excluding carboxylic acids is 4. The van der Waals surface area contributed by atoms with Crippen molar-refractivity contribution in [1.29, 1.82) is 0 Å². The first-order valence-corrected chi connectivity index (χ1v) is 9.28. The Kier molecular flexibility index (Phi) is 6.05. The number of hydrogen-bond acceptors (Lipinski definition) is 7. The number of rotatable bonds is 6. The normalized spacial score (nSPS) is 17.5. The Balaban J connectivity index is 1.65. The fourth-order valence-corrected chi connectivity index (χ4v) is 3.11. The van der Waals surface area contributed by atoms with E-state index >= 15 is 0 Å². The van der Waals surface area contributed by atoms with Crippen LogP contribution in [0.3, 0.4) is 0 Å². The summed E-state index contributed by atoms with van der Waals surface area (Å²) in [4.78, 5) is 60.5. The first-order valence-electron chi connectivity index (χ1n) is 9.28. The molecule has 2 aromatic rings. The monoisotopic (exact) mass is 441 g/mol.